The van der Waals surface area contributed by atoms with Crippen LogP contribution in [0.15, 0.2) is 24.4 Å². The first-order valence-corrected chi connectivity index (χ1v) is 7.61. The zero-order valence-corrected chi connectivity index (χ0v) is 10.5. The second kappa shape index (κ2) is 3.24. The third kappa shape index (κ3) is 1.74. The lowest BCUT2D eigenvalue weighted by atomic mass is 10.2. The van der Waals surface area contributed by atoms with Crippen LogP contribution in [0.5, 0.6) is 0 Å². The molecule has 0 aliphatic rings. The van der Waals surface area contributed by atoms with Gasteiger partial charge in [-0.15, -0.1) is 0 Å². The summed E-state index contributed by atoms with van der Waals surface area (Å²) in [7, 11) is -0.187. The molecule has 0 atom stereocenters. The van der Waals surface area contributed by atoms with Gasteiger partial charge < -0.3 is 9.13 Å². The first kappa shape index (κ1) is 10.5. The number of hydrogen-bond acceptors (Lipinski definition) is 1. The quantitative estimate of drug-likeness (QED) is 0.679. The largest absolute Gasteiger partial charge is 0.350 e. The molecule has 1 aromatic heterocycles. The van der Waals surface area contributed by atoms with E-state index in [1.54, 1.807) is 0 Å². The summed E-state index contributed by atoms with van der Waals surface area (Å²) in [4.78, 5) is 0. The van der Waals surface area contributed by atoms with Gasteiger partial charge in [0.05, 0.1) is 0 Å². The van der Waals surface area contributed by atoms with Gasteiger partial charge in [-0.25, -0.2) is 0 Å². The maximum Gasteiger partial charge on any atom is 0.111 e. The summed E-state index contributed by atoms with van der Waals surface area (Å²) in [6.07, 6.45) is 1.99. The molecule has 0 saturated heterocycles. The summed E-state index contributed by atoms with van der Waals surface area (Å²) in [5.41, 5.74) is 2.36. The average molecular weight is 221 g/mol. The van der Waals surface area contributed by atoms with E-state index in [1.165, 1.54) is 5.56 Å². The van der Waals surface area contributed by atoms with Crippen molar-refractivity contribution in [3.63, 3.8) is 0 Å². The summed E-state index contributed by atoms with van der Waals surface area (Å²) >= 11 is 0. The van der Waals surface area contributed by atoms with E-state index >= 15 is 0 Å². The Bertz CT molecular complexity index is 562. The van der Waals surface area contributed by atoms with E-state index in [-0.39, 0.29) is 0 Å². The second-order valence-corrected chi connectivity index (χ2v) is 7.68. The topological polar surface area (TPSA) is 22.0 Å². The van der Waals surface area contributed by atoms with Crippen LogP contribution in [0, 0.1) is 6.92 Å². The molecule has 0 saturated carbocycles. The zero-order chi connectivity index (χ0) is 11.2. The van der Waals surface area contributed by atoms with Crippen LogP contribution in [-0.4, -0.2) is 17.9 Å². The summed E-state index contributed by atoms with van der Waals surface area (Å²) in [6.45, 7) is 5.71. The van der Waals surface area contributed by atoms with Crippen molar-refractivity contribution >= 4 is 23.3 Å². The Labute approximate surface area is 90.3 Å². The highest BCUT2D eigenvalue weighted by atomic mass is 31.2. The Kier molecular flexibility index (Phi) is 2.27. The second-order valence-electron chi connectivity index (χ2n) is 4.50. The Morgan fingerprint density at radius 3 is 2.53 bits per heavy atom. The molecule has 3 heteroatoms. The number of fused-ring (bicyclic) bond motifs is 1. The van der Waals surface area contributed by atoms with Crippen LogP contribution in [0.25, 0.3) is 10.9 Å². The van der Waals surface area contributed by atoms with Crippen molar-refractivity contribution in [2.45, 2.75) is 6.92 Å². The van der Waals surface area contributed by atoms with Crippen molar-refractivity contribution in [2.75, 3.05) is 13.3 Å². The van der Waals surface area contributed by atoms with E-state index in [0.29, 0.717) is 0 Å². The molecule has 0 N–H and O–H groups in total. The van der Waals surface area contributed by atoms with E-state index in [0.717, 1.165) is 16.2 Å². The molecule has 0 radical (unpaired) electrons. The summed E-state index contributed by atoms with van der Waals surface area (Å²) in [6, 6.07) is 6.29. The lowest BCUT2D eigenvalue weighted by Gasteiger charge is -2.04. The summed E-state index contributed by atoms with van der Waals surface area (Å²) in [5, 5.41) is 2.12. The minimum Gasteiger partial charge on any atom is -0.350 e. The Balaban J connectivity index is 2.87. The molecular formula is C12H16NOP. The first-order chi connectivity index (χ1) is 6.89. The van der Waals surface area contributed by atoms with Crippen molar-refractivity contribution in [3.8, 4) is 0 Å². The lowest BCUT2D eigenvalue weighted by Crippen LogP contribution is -2.00. The van der Waals surface area contributed by atoms with Crippen molar-refractivity contribution in [1.82, 2.24) is 4.57 Å². The molecule has 15 heavy (non-hydrogen) atoms. The third-order valence-electron chi connectivity index (χ3n) is 2.70. The predicted octanol–water partition coefficient (Wildman–Crippen LogP) is 2.73. The van der Waals surface area contributed by atoms with Gasteiger partial charge in [-0.2, -0.15) is 0 Å². The normalized spacial score (nSPS) is 12.3. The Morgan fingerprint density at radius 2 is 1.93 bits per heavy atom. The summed E-state index contributed by atoms with van der Waals surface area (Å²) < 4.78 is 14.2. The molecule has 0 aliphatic carbocycles. The fourth-order valence-electron chi connectivity index (χ4n) is 1.91. The van der Waals surface area contributed by atoms with Gasteiger partial charge >= 0.3 is 0 Å². The fourth-order valence-corrected chi connectivity index (χ4v) is 3.12. The maximum atomic E-state index is 12.1. The summed E-state index contributed by atoms with van der Waals surface area (Å²) in [5.74, 6) is 0. The van der Waals surface area contributed by atoms with Crippen molar-refractivity contribution in [2.24, 2.45) is 7.05 Å². The molecule has 1 aromatic carbocycles. The number of aromatic nitrogens is 1. The van der Waals surface area contributed by atoms with Gasteiger partial charge in [0.25, 0.3) is 0 Å². The average Bonchev–Trinajstić information content (AvgIpc) is 2.42. The number of hydrogen-bond donors (Lipinski definition) is 0. The highest BCUT2D eigenvalue weighted by molar-refractivity contribution is 7.70. The van der Waals surface area contributed by atoms with Gasteiger partial charge in [-0.3, -0.25) is 0 Å². The zero-order valence-electron chi connectivity index (χ0n) is 9.61. The maximum absolute atomic E-state index is 12.1. The number of benzene rings is 1. The van der Waals surface area contributed by atoms with Gasteiger partial charge in [-0.1, -0.05) is 11.6 Å². The monoisotopic (exact) mass is 221 g/mol. The van der Waals surface area contributed by atoms with Crippen molar-refractivity contribution in [3.05, 3.63) is 30.0 Å². The molecule has 0 amide bonds. The predicted molar refractivity (Wildman–Crippen MR) is 66.7 cm³/mol. The molecule has 1 heterocycles. The Hall–Kier alpha value is -1.01. The SMILES string of the molecule is Cc1ccc2c(c1)c(P(C)(C)=O)cn2C. The molecule has 0 aliphatic heterocycles. The van der Waals surface area contributed by atoms with Crippen LogP contribution in [0.1, 0.15) is 5.56 Å². The smallest absolute Gasteiger partial charge is 0.111 e. The third-order valence-corrected chi connectivity index (χ3v) is 4.22. The molecule has 0 unspecified atom stereocenters. The molecular weight excluding hydrogens is 205 g/mol. The van der Waals surface area contributed by atoms with Gasteiger partial charge in [-0.05, 0) is 32.4 Å². The highest BCUT2D eigenvalue weighted by Crippen LogP contribution is 2.38. The van der Waals surface area contributed by atoms with Crippen LogP contribution in [0.2, 0.25) is 0 Å². The van der Waals surface area contributed by atoms with Crippen molar-refractivity contribution in [1.29, 1.82) is 0 Å². The molecule has 0 fully saturated rings. The highest BCUT2D eigenvalue weighted by Gasteiger charge is 2.17. The van der Waals surface area contributed by atoms with Crippen LogP contribution in [-0.2, 0) is 11.6 Å². The van der Waals surface area contributed by atoms with Gasteiger partial charge in [0.15, 0.2) is 0 Å². The van der Waals surface area contributed by atoms with E-state index < -0.39 is 7.14 Å². The standard InChI is InChI=1S/C12H16NOP/c1-9-5-6-11-10(7-9)12(8-13(11)2)15(3,4)14/h5-8H,1-4H3. The molecule has 2 aromatic rings. The minimum absolute atomic E-state index is 0.990. The van der Waals surface area contributed by atoms with Crippen molar-refractivity contribution < 1.29 is 4.57 Å². The number of rotatable bonds is 1. The fraction of sp³-hybridized carbons (Fsp3) is 0.333. The Morgan fingerprint density at radius 1 is 1.27 bits per heavy atom. The minimum atomic E-state index is -2.18. The van der Waals surface area contributed by atoms with Gasteiger partial charge in [0, 0.05) is 29.5 Å². The van der Waals surface area contributed by atoms with Crippen LogP contribution in [0.3, 0.4) is 0 Å². The number of nitrogens with zero attached hydrogens (tertiary/aromatic N) is 1. The van der Waals surface area contributed by atoms with Gasteiger partial charge in [0.2, 0.25) is 0 Å². The number of aryl methyl sites for hydroxylation is 2. The van der Waals surface area contributed by atoms with E-state index in [1.807, 2.05) is 31.1 Å². The molecule has 2 nitrogen and oxygen atoms in total. The van der Waals surface area contributed by atoms with Gasteiger partial charge in [0.1, 0.15) is 7.14 Å². The molecule has 0 spiro atoms. The molecule has 80 valence electrons. The molecule has 0 bridgehead atoms. The molecule has 2 rings (SSSR count). The van der Waals surface area contributed by atoms with E-state index in [4.69, 9.17) is 0 Å². The van der Waals surface area contributed by atoms with E-state index in [9.17, 15) is 4.57 Å². The van der Waals surface area contributed by atoms with Crippen LogP contribution in [0.4, 0.5) is 0 Å². The first-order valence-electron chi connectivity index (χ1n) is 5.01. The van der Waals surface area contributed by atoms with Crippen LogP contribution < -0.4 is 5.30 Å². The van der Waals surface area contributed by atoms with Crippen LogP contribution >= 0.6 is 7.14 Å². The lowest BCUT2D eigenvalue weighted by molar-refractivity contribution is 0.588. The van der Waals surface area contributed by atoms with E-state index in [2.05, 4.69) is 25.1 Å².